The zero-order valence-corrected chi connectivity index (χ0v) is 18.6. The summed E-state index contributed by atoms with van der Waals surface area (Å²) in [6.45, 7) is 7.74. The molecule has 2 bridgehead atoms. The van der Waals surface area contributed by atoms with Gasteiger partial charge in [0.05, 0.1) is 0 Å². The van der Waals surface area contributed by atoms with Gasteiger partial charge in [-0.2, -0.15) is 0 Å². The fraction of sp³-hybridized carbons (Fsp3) is 0.667. The van der Waals surface area contributed by atoms with Crippen molar-refractivity contribution in [3.8, 4) is 0 Å². The Labute approximate surface area is 181 Å². The predicted molar refractivity (Wildman–Crippen MR) is 120 cm³/mol. The van der Waals surface area contributed by atoms with Crippen molar-refractivity contribution in [2.24, 2.45) is 0 Å². The predicted octanol–water partition coefficient (Wildman–Crippen LogP) is 3.03. The van der Waals surface area contributed by atoms with Gasteiger partial charge < -0.3 is 20.0 Å². The van der Waals surface area contributed by atoms with E-state index in [2.05, 4.69) is 34.2 Å². The number of carbonyl (C=O) groups excluding carboxylic acids is 1. The first kappa shape index (κ1) is 23.3. The third-order valence-corrected chi connectivity index (χ3v) is 6.62. The van der Waals surface area contributed by atoms with Gasteiger partial charge in [-0.05, 0) is 56.5 Å². The largest absolute Gasteiger partial charge is 0.369 e. The number of anilines is 1. The Bertz CT molecular complexity index is 622. The van der Waals surface area contributed by atoms with E-state index < -0.39 is 0 Å². The first-order valence-electron chi connectivity index (χ1n) is 10.2. The second-order valence-electron chi connectivity index (χ2n) is 8.15. The molecule has 7 heteroatoms. The minimum atomic E-state index is 0. The summed E-state index contributed by atoms with van der Waals surface area (Å²) in [5.41, 5.74) is 2.05. The van der Waals surface area contributed by atoms with E-state index in [1.807, 2.05) is 24.1 Å². The van der Waals surface area contributed by atoms with Crippen molar-refractivity contribution in [1.29, 1.82) is 0 Å². The highest BCUT2D eigenvalue weighted by Crippen LogP contribution is 2.30. The van der Waals surface area contributed by atoms with Crippen LogP contribution in [0.1, 0.15) is 43.0 Å². The second-order valence-corrected chi connectivity index (χ2v) is 8.15. The third-order valence-electron chi connectivity index (χ3n) is 6.62. The van der Waals surface area contributed by atoms with E-state index >= 15 is 0 Å². The summed E-state index contributed by atoms with van der Waals surface area (Å²) >= 11 is 0. The molecular weight excluding hydrogens is 395 g/mol. The summed E-state index contributed by atoms with van der Waals surface area (Å²) in [6, 6.07) is 9.86. The molecule has 158 valence electrons. The highest BCUT2D eigenvalue weighted by atomic mass is 35.5. The Morgan fingerprint density at radius 2 is 1.61 bits per heavy atom. The maximum absolute atomic E-state index is 12.9. The van der Waals surface area contributed by atoms with Crippen molar-refractivity contribution < 1.29 is 4.79 Å². The maximum atomic E-state index is 12.9. The van der Waals surface area contributed by atoms with Gasteiger partial charge in [-0.15, -0.1) is 24.8 Å². The Hall–Kier alpha value is -1.01. The van der Waals surface area contributed by atoms with E-state index in [1.54, 1.807) is 0 Å². The lowest BCUT2D eigenvalue weighted by Gasteiger charge is -2.36. The van der Waals surface area contributed by atoms with Gasteiger partial charge in [0.25, 0.3) is 5.91 Å². The third kappa shape index (κ3) is 4.93. The molecule has 3 aliphatic heterocycles. The average Bonchev–Trinajstić information content (AvgIpc) is 3.04. The number of hydrogen-bond donors (Lipinski definition) is 1. The number of hydrogen-bond acceptors (Lipinski definition) is 4. The van der Waals surface area contributed by atoms with Crippen LogP contribution in [0.15, 0.2) is 24.3 Å². The zero-order chi connectivity index (χ0) is 18.1. The lowest BCUT2D eigenvalue weighted by Crippen LogP contribution is -2.48. The molecule has 0 spiro atoms. The number of piperidine rings is 1. The Morgan fingerprint density at radius 1 is 1.04 bits per heavy atom. The fourth-order valence-electron chi connectivity index (χ4n) is 4.85. The van der Waals surface area contributed by atoms with Crippen molar-refractivity contribution in [2.75, 3.05) is 44.7 Å². The van der Waals surface area contributed by atoms with E-state index in [0.717, 1.165) is 51.1 Å². The van der Waals surface area contributed by atoms with Crippen molar-refractivity contribution in [1.82, 2.24) is 15.1 Å². The molecule has 0 aliphatic carbocycles. The van der Waals surface area contributed by atoms with Crippen LogP contribution in [-0.4, -0.2) is 73.6 Å². The maximum Gasteiger partial charge on any atom is 0.253 e. The van der Waals surface area contributed by atoms with E-state index in [1.165, 1.54) is 18.5 Å². The first-order chi connectivity index (χ1) is 12.6. The summed E-state index contributed by atoms with van der Waals surface area (Å²) in [7, 11) is 1.98. The number of fused-ring (bicyclic) bond motifs is 2. The monoisotopic (exact) mass is 428 g/mol. The molecule has 3 fully saturated rings. The molecule has 0 radical (unpaired) electrons. The van der Waals surface area contributed by atoms with Gasteiger partial charge in [-0.3, -0.25) is 4.79 Å². The van der Waals surface area contributed by atoms with Crippen LogP contribution < -0.4 is 10.2 Å². The lowest BCUT2D eigenvalue weighted by molar-refractivity contribution is 0.0681. The van der Waals surface area contributed by atoms with Crippen LogP contribution in [0.4, 0.5) is 5.69 Å². The highest BCUT2D eigenvalue weighted by molar-refractivity contribution is 5.94. The molecule has 2 unspecified atom stereocenters. The van der Waals surface area contributed by atoms with Crippen LogP contribution in [0.2, 0.25) is 0 Å². The van der Waals surface area contributed by atoms with Crippen LogP contribution in [-0.2, 0) is 0 Å². The van der Waals surface area contributed by atoms with Gasteiger partial charge in [0, 0.05) is 62.6 Å². The molecule has 2 atom stereocenters. The average molecular weight is 429 g/mol. The second kappa shape index (κ2) is 10.1. The molecule has 4 rings (SSSR count). The number of amides is 1. The van der Waals surface area contributed by atoms with Crippen molar-refractivity contribution >= 4 is 36.4 Å². The zero-order valence-electron chi connectivity index (χ0n) is 17.0. The Balaban J connectivity index is 0.00000140. The van der Waals surface area contributed by atoms with Gasteiger partial charge in [-0.25, -0.2) is 0 Å². The molecule has 0 saturated carbocycles. The van der Waals surface area contributed by atoms with Crippen LogP contribution in [0.5, 0.6) is 0 Å². The van der Waals surface area contributed by atoms with E-state index in [0.29, 0.717) is 18.1 Å². The lowest BCUT2D eigenvalue weighted by atomic mass is 9.98. The molecule has 28 heavy (non-hydrogen) atoms. The van der Waals surface area contributed by atoms with Crippen molar-refractivity contribution in [2.45, 2.75) is 50.7 Å². The number of piperazine rings is 1. The van der Waals surface area contributed by atoms with E-state index in [-0.39, 0.29) is 30.7 Å². The molecule has 0 aromatic heterocycles. The smallest absolute Gasteiger partial charge is 0.253 e. The molecule has 3 heterocycles. The fourth-order valence-corrected chi connectivity index (χ4v) is 4.85. The Morgan fingerprint density at radius 3 is 2.14 bits per heavy atom. The van der Waals surface area contributed by atoms with Gasteiger partial charge in [0.15, 0.2) is 0 Å². The van der Waals surface area contributed by atoms with Gasteiger partial charge in [0.1, 0.15) is 0 Å². The number of halogens is 2. The summed E-state index contributed by atoms with van der Waals surface area (Å²) in [5.74, 6) is 0.165. The van der Waals surface area contributed by atoms with Crippen LogP contribution >= 0.6 is 24.8 Å². The SMILES string of the molecule is CCN1CCN(c2ccc(C(=O)N(C)C3CC4CCC(C3)N4)cc2)CC1.Cl.Cl. The van der Waals surface area contributed by atoms with Crippen LogP contribution in [0.25, 0.3) is 0 Å². The molecule has 1 N–H and O–H groups in total. The molecule has 5 nitrogen and oxygen atoms in total. The number of nitrogens with one attached hydrogen (secondary N) is 1. The normalized spacial score (nSPS) is 26.9. The molecule has 3 saturated heterocycles. The summed E-state index contributed by atoms with van der Waals surface area (Å²) in [6.07, 6.45) is 4.73. The molecule has 3 aliphatic rings. The number of nitrogens with zero attached hydrogens (tertiary/aromatic N) is 3. The van der Waals surface area contributed by atoms with Crippen LogP contribution in [0.3, 0.4) is 0 Å². The van der Waals surface area contributed by atoms with Gasteiger partial charge in [0.2, 0.25) is 0 Å². The molecule has 1 aromatic carbocycles. The summed E-state index contributed by atoms with van der Waals surface area (Å²) < 4.78 is 0. The number of carbonyl (C=O) groups is 1. The standard InChI is InChI=1S/C21H32N4O.2ClH/c1-3-24-10-12-25(13-11-24)19-8-4-16(5-9-19)21(26)23(2)20-14-17-6-7-18(15-20)22-17;;/h4-5,8-9,17-18,20,22H,3,6-7,10-15H2,1-2H3;2*1H. The molecular formula is C21H34Cl2N4O. The summed E-state index contributed by atoms with van der Waals surface area (Å²) in [5, 5.41) is 3.66. The minimum Gasteiger partial charge on any atom is -0.369 e. The highest BCUT2D eigenvalue weighted by Gasteiger charge is 2.36. The van der Waals surface area contributed by atoms with Crippen LogP contribution in [0, 0.1) is 0 Å². The Kier molecular flexibility index (Phi) is 8.44. The topological polar surface area (TPSA) is 38.8 Å². The quantitative estimate of drug-likeness (QED) is 0.799. The van der Waals surface area contributed by atoms with Gasteiger partial charge in [-0.1, -0.05) is 6.92 Å². The number of rotatable bonds is 4. The minimum absolute atomic E-state index is 0. The molecule has 1 amide bonds. The summed E-state index contributed by atoms with van der Waals surface area (Å²) in [4.78, 5) is 19.8. The van der Waals surface area contributed by atoms with Gasteiger partial charge >= 0.3 is 0 Å². The molecule has 1 aromatic rings. The van der Waals surface area contributed by atoms with E-state index in [4.69, 9.17) is 0 Å². The van der Waals surface area contributed by atoms with Crippen molar-refractivity contribution in [3.05, 3.63) is 29.8 Å². The van der Waals surface area contributed by atoms with Crippen molar-refractivity contribution in [3.63, 3.8) is 0 Å². The number of likely N-dealkylation sites (N-methyl/N-ethyl adjacent to an activating group) is 1. The number of benzene rings is 1. The van der Waals surface area contributed by atoms with E-state index in [9.17, 15) is 4.79 Å². The first-order valence-corrected chi connectivity index (χ1v) is 10.2.